The van der Waals surface area contributed by atoms with E-state index in [9.17, 15) is 4.39 Å². The number of rotatable bonds is 9. The van der Waals surface area contributed by atoms with Gasteiger partial charge >= 0.3 is 0 Å². The van der Waals surface area contributed by atoms with Crippen molar-refractivity contribution < 1.29 is 13.9 Å². The molecule has 0 bridgehead atoms. The molecule has 160 valence electrons. The Labute approximate surface area is 181 Å². The maximum Gasteiger partial charge on any atom is 0.127 e. The van der Waals surface area contributed by atoms with Gasteiger partial charge in [0.15, 0.2) is 0 Å². The summed E-state index contributed by atoms with van der Waals surface area (Å²) in [5.74, 6) is 0.778. The van der Waals surface area contributed by atoms with Crippen LogP contribution >= 0.6 is 11.3 Å². The van der Waals surface area contributed by atoms with E-state index >= 15 is 0 Å². The van der Waals surface area contributed by atoms with Crippen LogP contribution in [0.5, 0.6) is 5.75 Å². The number of hydrogen-bond acceptors (Lipinski definition) is 5. The van der Waals surface area contributed by atoms with Gasteiger partial charge in [0.2, 0.25) is 0 Å². The van der Waals surface area contributed by atoms with Gasteiger partial charge in [0, 0.05) is 44.0 Å². The van der Waals surface area contributed by atoms with Crippen LogP contribution in [0.4, 0.5) is 4.39 Å². The summed E-state index contributed by atoms with van der Waals surface area (Å²) in [4.78, 5) is 4.94. The van der Waals surface area contributed by atoms with Crippen LogP contribution in [0.25, 0.3) is 10.1 Å². The average Bonchev–Trinajstić information content (AvgIpc) is 3.22. The van der Waals surface area contributed by atoms with Gasteiger partial charge in [-0.15, -0.1) is 11.3 Å². The first kappa shape index (κ1) is 21.2. The van der Waals surface area contributed by atoms with Gasteiger partial charge in [0.05, 0.1) is 20.3 Å². The monoisotopic (exact) mass is 428 g/mol. The molecule has 3 aromatic rings. The lowest BCUT2D eigenvalue weighted by atomic mass is 10.1. The molecule has 2 aromatic carbocycles. The zero-order valence-electron chi connectivity index (χ0n) is 17.5. The van der Waals surface area contributed by atoms with Crippen molar-refractivity contribution in [1.29, 1.82) is 0 Å². The van der Waals surface area contributed by atoms with Crippen LogP contribution in [0.1, 0.15) is 11.1 Å². The number of fused-ring (bicyclic) bond motifs is 1. The molecule has 4 nitrogen and oxygen atoms in total. The van der Waals surface area contributed by atoms with Crippen molar-refractivity contribution in [2.75, 3.05) is 53.0 Å². The lowest BCUT2D eigenvalue weighted by molar-refractivity contribution is 0.0745. The lowest BCUT2D eigenvalue weighted by Crippen LogP contribution is -2.46. The Morgan fingerprint density at radius 2 is 1.73 bits per heavy atom. The van der Waals surface area contributed by atoms with Gasteiger partial charge in [-0.2, -0.15) is 0 Å². The highest BCUT2D eigenvalue weighted by atomic mass is 32.1. The Kier molecular flexibility index (Phi) is 7.33. The van der Waals surface area contributed by atoms with Crippen molar-refractivity contribution in [2.45, 2.75) is 13.0 Å². The third kappa shape index (κ3) is 5.58. The maximum atomic E-state index is 14.2. The summed E-state index contributed by atoms with van der Waals surface area (Å²) < 4.78 is 26.2. The number of halogens is 1. The minimum absolute atomic E-state index is 0.124. The predicted octanol–water partition coefficient (Wildman–Crippen LogP) is 4.43. The van der Waals surface area contributed by atoms with Crippen LogP contribution in [0, 0.1) is 5.82 Å². The second-order valence-electron chi connectivity index (χ2n) is 7.73. The number of ether oxygens (including phenoxy) is 2. The van der Waals surface area contributed by atoms with Gasteiger partial charge < -0.3 is 9.47 Å². The number of hydrogen-bond donors (Lipinski definition) is 0. The van der Waals surface area contributed by atoms with E-state index in [2.05, 4.69) is 21.9 Å². The molecular formula is C24H29FN2O2S. The van der Waals surface area contributed by atoms with E-state index < -0.39 is 0 Å². The first-order valence-corrected chi connectivity index (χ1v) is 11.4. The number of piperazine rings is 1. The fourth-order valence-corrected chi connectivity index (χ4v) is 4.66. The largest absolute Gasteiger partial charge is 0.497 e. The van der Waals surface area contributed by atoms with Gasteiger partial charge in [-0.25, -0.2) is 4.39 Å². The Balaban J connectivity index is 1.12. The lowest BCUT2D eigenvalue weighted by Gasteiger charge is -2.34. The van der Waals surface area contributed by atoms with Crippen LogP contribution in [-0.4, -0.2) is 62.8 Å². The summed E-state index contributed by atoms with van der Waals surface area (Å²) in [6.45, 7) is 7.42. The van der Waals surface area contributed by atoms with Crippen LogP contribution in [0.2, 0.25) is 0 Å². The minimum atomic E-state index is -0.124. The van der Waals surface area contributed by atoms with E-state index in [4.69, 9.17) is 9.47 Å². The Morgan fingerprint density at radius 1 is 0.967 bits per heavy atom. The molecule has 1 fully saturated rings. The molecule has 0 atom stereocenters. The zero-order valence-corrected chi connectivity index (χ0v) is 18.3. The summed E-state index contributed by atoms with van der Waals surface area (Å²) in [7, 11) is 1.69. The van der Waals surface area contributed by atoms with Crippen molar-refractivity contribution in [2.24, 2.45) is 0 Å². The first-order valence-electron chi connectivity index (χ1n) is 10.5. The van der Waals surface area contributed by atoms with Crippen molar-refractivity contribution in [1.82, 2.24) is 9.80 Å². The number of nitrogens with zero attached hydrogens (tertiary/aromatic N) is 2. The van der Waals surface area contributed by atoms with Gasteiger partial charge in [-0.05, 0) is 58.6 Å². The molecular weight excluding hydrogens is 399 g/mol. The summed E-state index contributed by atoms with van der Waals surface area (Å²) in [6, 6.07) is 13.9. The Hall–Kier alpha value is -1.99. The molecule has 0 aliphatic carbocycles. The van der Waals surface area contributed by atoms with Gasteiger partial charge in [0.1, 0.15) is 11.6 Å². The van der Waals surface area contributed by atoms with Crippen molar-refractivity contribution >= 4 is 21.4 Å². The van der Waals surface area contributed by atoms with Crippen LogP contribution in [0.3, 0.4) is 0 Å². The zero-order chi connectivity index (χ0) is 20.8. The number of thiophene rings is 1. The summed E-state index contributed by atoms with van der Waals surface area (Å²) in [5, 5.41) is 3.12. The number of benzene rings is 2. The molecule has 1 saturated heterocycles. The standard InChI is InChI=1S/C24H29FN2O2S/c1-28-22-4-2-19(3-5-22)18-27-10-8-26(9-11-27)12-14-29-13-6-20-16-21-7-15-30-24(21)17-23(20)25/h2-5,7,15-17H,6,8-14,18H2,1H3. The molecule has 0 unspecified atom stereocenters. The molecule has 0 amide bonds. The first-order chi connectivity index (χ1) is 14.7. The van der Waals surface area contributed by atoms with Crippen LogP contribution in [-0.2, 0) is 17.7 Å². The van der Waals surface area contributed by atoms with Crippen LogP contribution < -0.4 is 4.74 Å². The van der Waals surface area contributed by atoms with E-state index in [1.54, 1.807) is 24.5 Å². The SMILES string of the molecule is COc1ccc(CN2CCN(CCOCCc3cc4ccsc4cc3F)CC2)cc1. The molecule has 0 spiro atoms. The molecule has 6 heteroatoms. The van der Waals surface area contributed by atoms with E-state index in [0.29, 0.717) is 19.6 Å². The van der Waals surface area contributed by atoms with Crippen LogP contribution in [0.15, 0.2) is 47.8 Å². The molecule has 1 aliphatic heterocycles. The van der Waals surface area contributed by atoms with E-state index in [0.717, 1.165) is 60.7 Å². The molecule has 0 radical (unpaired) electrons. The maximum absolute atomic E-state index is 14.2. The molecule has 30 heavy (non-hydrogen) atoms. The van der Waals surface area contributed by atoms with E-state index in [1.807, 2.05) is 29.6 Å². The molecule has 0 saturated carbocycles. The fraction of sp³-hybridized carbons (Fsp3) is 0.417. The molecule has 1 aromatic heterocycles. The highest BCUT2D eigenvalue weighted by Crippen LogP contribution is 2.24. The minimum Gasteiger partial charge on any atom is -0.497 e. The molecule has 4 rings (SSSR count). The van der Waals surface area contributed by atoms with Crippen molar-refractivity contribution in [3.63, 3.8) is 0 Å². The van der Waals surface area contributed by atoms with Crippen molar-refractivity contribution in [3.05, 3.63) is 64.8 Å². The molecule has 0 N–H and O–H groups in total. The average molecular weight is 429 g/mol. The summed E-state index contributed by atoms with van der Waals surface area (Å²) >= 11 is 1.57. The van der Waals surface area contributed by atoms with Gasteiger partial charge in [-0.3, -0.25) is 9.80 Å². The highest BCUT2D eigenvalue weighted by molar-refractivity contribution is 7.17. The number of methoxy groups -OCH3 is 1. The van der Waals surface area contributed by atoms with E-state index in [1.165, 1.54) is 5.56 Å². The summed E-state index contributed by atoms with van der Waals surface area (Å²) in [6.07, 6.45) is 0.618. The highest BCUT2D eigenvalue weighted by Gasteiger charge is 2.16. The quantitative estimate of drug-likeness (QED) is 0.471. The third-order valence-electron chi connectivity index (χ3n) is 5.72. The Bertz CT molecular complexity index is 936. The second-order valence-corrected chi connectivity index (χ2v) is 8.68. The van der Waals surface area contributed by atoms with Gasteiger partial charge in [0.25, 0.3) is 0 Å². The molecule has 2 heterocycles. The van der Waals surface area contributed by atoms with Gasteiger partial charge in [-0.1, -0.05) is 12.1 Å². The Morgan fingerprint density at radius 3 is 2.50 bits per heavy atom. The van der Waals surface area contributed by atoms with Crippen molar-refractivity contribution in [3.8, 4) is 5.75 Å². The topological polar surface area (TPSA) is 24.9 Å². The fourth-order valence-electron chi connectivity index (χ4n) is 3.86. The smallest absolute Gasteiger partial charge is 0.127 e. The third-order valence-corrected chi connectivity index (χ3v) is 6.60. The van der Waals surface area contributed by atoms with E-state index in [-0.39, 0.29) is 5.82 Å². The normalized spacial score (nSPS) is 15.7. The second kappa shape index (κ2) is 10.4. The summed E-state index contributed by atoms with van der Waals surface area (Å²) in [5.41, 5.74) is 2.06. The molecule has 1 aliphatic rings. The predicted molar refractivity (Wildman–Crippen MR) is 121 cm³/mol.